The predicted molar refractivity (Wildman–Crippen MR) is 140 cm³/mol. The Morgan fingerprint density at radius 3 is 2.49 bits per heavy atom. The van der Waals surface area contributed by atoms with Crippen molar-refractivity contribution >= 4 is 28.1 Å². The van der Waals surface area contributed by atoms with Crippen LogP contribution in [0.25, 0.3) is 22.2 Å². The van der Waals surface area contributed by atoms with Crippen LogP contribution in [0.15, 0.2) is 101 Å². The summed E-state index contributed by atoms with van der Waals surface area (Å²) in [5.41, 5.74) is 2.02. The Hall–Kier alpha value is -4.69. The van der Waals surface area contributed by atoms with Crippen LogP contribution < -0.4 is 0 Å². The average Bonchev–Trinajstić information content (AvgIpc) is 3.19. The smallest absolute Gasteiger partial charge is 0.337 e. The number of nitrogens with zero attached hydrogens (tertiary/aromatic N) is 3. The Morgan fingerprint density at radius 2 is 1.76 bits per heavy atom. The third-order valence-corrected chi connectivity index (χ3v) is 6.41. The van der Waals surface area contributed by atoms with E-state index >= 15 is 0 Å². The molecule has 1 aliphatic carbocycles. The first-order valence-corrected chi connectivity index (χ1v) is 11.7. The fourth-order valence-electron chi connectivity index (χ4n) is 4.54. The van der Waals surface area contributed by atoms with E-state index < -0.39 is 11.5 Å². The van der Waals surface area contributed by atoms with Crippen molar-refractivity contribution in [3.8, 4) is 17.3 Å². The Labute approximate surface area is 213 Å². The van der Waals surface area contributed by atoms with Gasteiger partial charge in [-0.05, 0) is 41.5 Å². The van der Waals surface area contributed by atoms with E-state index in [1.807, 2.05) is 42.5 Å². The molecule has 3 aromatic carbocycles. The third kappa shape index (κ3) is 4.39. The summed E-state index contributed by atoms with van der Waals surface area (Å²) in [6, 6.07) is 21.6. The molecule has 0 radical (unpaired) electrons. The van der Waals surface area contributed by atoms with Gasteiger partial charge in [-0.1, -0.05) is 60.7 Å². The number of aromatic hydroxyl groups is 2. The van der Waals surface area contributed by atoms with E-state index in [4.69, 9.17) is 4.74 Å². The van der Waals surface area contributed by atoms with E-state index in [2.05, 4.69) is 10.2 Å². The molecule has 5 rings (SSSR count). The number of hydrogen-bond acceptors (Lipinski definition) is 6. The Bertz CT molecular complexity index is 1570. The second kappa shape index (κ2) is 9.75. The summed E-state index contributed by atoms with van der Waals surface area (Å²) < 4.78 is 6.83. The molecule has 1 atom stereocenters. The normalized spacial score (nSPS) is 17.4. The second-order valence-electron chi connectivity index (χ2n) is 8.80. The summed E-state index contributed by atoms with van der Waals surface area (Å²) >= 11 is 0. The van der Waals surface area contributed by atoms with Crippen molar-refractivity contribution in [3.05, 3.63) is 102 Å². The number of rotatable bonds is 7. The molecule has 0 saturated carbocycles. The molecule has 0 saturated heterocycles. The van der Waals surface area contributed by atoms with Crippen LogP contribution in [0.5, 0.6) is 11.6 Å². The average molecular weight is 496 g/mol. The molecule has 0 aliphatic heterocycles. The fourth-order valence-corrected chi connectivity index (χ4v) is 4.54. The predicted octanol–water partition coefficient (Wildman–Crippen LogP) is 6.14. The second-order valence-corrected chi connectivity index (χ2v) is 8.80. The molecule has 1 aromatic heterocycles. The first-order chi connectivity index (χ1) is 17.9. The number of carboxylic acid groups (broad SMARTS) is 1. The number of carboxylic acids is 1. The van der Waals surface area contributed by atoms with Gasteiger partial charge in [0.2, 0.25) is 11.4 Å². The van der Waals surface area contributed by atoms with Crippen molar-refractivity contribution in [2.75, 3.05) is 7.11 Å². The topological polar surface area (TPSA) is 117 Å². The molecule has 1 unspecified atom stereocenters. The van der Waals surface area contributed by atoms with Crippen LogP contribution in [-0.4, -0.2) is 38.5 Å². The minimum atomic E-state index is -1.70. The van der Waals surface area contributed by atoms with Gasteiger partial charge in [-0.25, -0.2) is 4.79 Å². The number of allylic oxidation sites excluding steroid dienone is 2. The molecule has 37 heavy (non-hydrogen) atoms. The highest BCUT2D eigenvalue weighted by Gasteiger charge is 2.39. The molecule has 8 heteroatoms. The van der Waals surface area contributed by atoms with Crippen LogP contribution in [0.3, 0.4) is 0 Å². The number of aromatic nitrogens is 1. The molecular formula is C29H25N3O5. The van der Waals surface area contributed by atoms with Crippen LogP contribution >= 0.6 is 0 Å². The van der Waals surface area contributed by atoms with Crippen LogP contribution in [0, 0.1) is 0 Å². The van der Waals surface area contributed by atoms with Crippen molar-refractivity contribution in [2.45, 2.75) is 18.6 Å². The van der Waals surface area contributed by atoms with Crippen LogP contribution in [0.1, 0.15) is 17.5 Å². The summed E-state index contributed by atoms with van der Waals surface area (Å²) in [6.45, 7) is 0.472. The standard InChI is InChI=1S/C29H25N3O5/c1-37-18-19-12-14-21(15-13-19)32-24-10-4-2-9-23(24)26(27(32)34)30-31-29(28(35)36)16-6-7-20(17-29)22-8-3-5-11-25(22)33/h2-16,33-34H,17-18H2,1H3,(H,35,36). The van der Waals surface area contributed by atoms with Gasteiger partial charge in [0.05, 0.1) is 12.1 Å². The number of methoxy groups -OCH3 is 1. The van der Waals surface area contributed by atoms with Gasteiger partial charge in [-0.3, -0.25) is 4.57 Å². The first-order valence-electron chi connectivity index (χ1n) is 11.7. The van der Waals surface area contributed by atoms with Gasteiger partial charge in [0, 0.05) is 30.2 Å². The van der Waals surface area contributed by atoms with Crippen molar-refractivity contribution in [1.82, 2.24) is 4.57 Å². The number of ether oxygens (including phenoxy) is 1. The highest BCUT2D eigenvalue weighted by Crippen LogP contribution is 2.43. The maximum atomic E-state index is 12.4. The molecule has 3 N–H and O–H groups in total. The number of benzene rings is 3. The maximum Gasteiger partial charge on any atom is 0.337 e. The van der Waals surface area contributed by atoms with Gasteiger partial charge >= 0.3 is 5.97 Å². The number of para-hydroxylation sites is 2. The maximum absolute atomic E-state index is 12.4. The van der Waals surface area contributed by atoms with Crippen LogP contribution in [0.4, 0.5) is 5.69 Å². The minimum absolute atomic E-state index is 0.0136. The van der Waals surface area contributed by atoms with Gasteiger partial charge in [-0.15, -0.1) is 5.11 Å². The first kappa shape index (κ1) is 24.0. The van der Waals surface area contributed by atoms with E-state index in [9.17, 15) is 20.1 Å². The lowest BCUT2D eigenvalue weighted by atomic mass is 9.84. The monoisotopic (exact) mass is 495 g/mol. The number of fused-ring (bicyclic) bond motifs is 1. The lowest BCUT2D eigenvalue weighted by Gasteiger charge is -2.25. The van der Waals surface area contributed by atoms with E-state index in [1.165, 1.54) is 6.08 Å². The van der Waals surface area contributed by atoms with Gasteiger partial charge in [-0.2, -0.15) is 5.11 Å². The van der Waals surface area contributed by atoms with Gasteiger partial charge < -0.3 is 20.1 Å². The highest BCUT2D eigenvalue weighted by molar-refractivity contribution is 5.96. The quantitative estimate of drug-likeness (QED) is 0.266. The molecule has 1 heterocycles. The van der Waals surface area contributed by atoms with Crippen molar-refractivity contribution < 1.29 is 24.9 Å². The molecule has 0 fully saturated rings. The number of hydrogen-bond donors (Lipinski definition) is 3. The number of azo groups is 1. The van der Waals surface area contributed by atoms with Crippen LogP contribution in [-0.2, 0) is 16.1 Å². The highest BCUT2D eigenvalue weighted by atomic mass is 16.5. The van der Waals surface area contributed by atoms with Crippen molar-refractivity contribution in [2.24, 2.45) is 10.2 Å². The van der Waals surface area contributed by atoms with Crippen molar-refractivity contribution in [3.63, 3.8) is 0 Å². The SMILES string of the molecule is COCc1ccc(-n2c(O)c(N=NC3(C(=O)O)C=CC=C(c4ccccc4O)C3)c3ccccc32)cc1. The Kier molecular flexibility index (Phi) is 6.33. The van der Waals surface area contributed by atoms with Gasteiger partial charge in [0.1, 0.15) is 5.75 Å². The van der Waals surface area contributed by atoms with Crippen molar-refractivity contribution in [1.29, 1.82) is 0 Å². The number of carbonyl (C=O) groups is 1. The zero-order chi connectivity index (χ0) is 26.0. The summed E-state index contributed by atoms with van der Waals surface area (Å²) in [5, 5.41) is 40.9. The Morgan fingerprint density at radius 1 is 1.03 bits per heavy atom. The van der Waals surface area contributed by atoms with E-state index in [1.54, 1.807) is 54.2 Å². The summed E-state index contributed by atoms with van der Waals surface area (Å²) in [7, 11) is 1.63. The molecular weight excluding hydrogens is 470 g/mol. The summed E-state index contributed by atoms with van der Waals surface area (Å²) in [5.74, 6) is -1.29. The zero-order valence-corrected chi connectivity index (χ0v) is 20.1. The summed E-state index contributed by atoms with van der Waals surface area (Å²) in [4.78, 5) is 12.4. The largest absolute Gasteiger partial charge is 0.507 e. The van der Waals surface area contributed by atoms with Gasteiger partial charge in [0.25, 0.3) is 0 Å². The molecule has 0 bridgehead atoms. The molecule has 1 aliphatic rings. The van der Waals surface area contributed by atoms with E-state index in [-0.39, 0.29) is 23.7 Å². The Balaban J connectivity index is 1.56. The molecule has 0 spiro atoms. The molecule has 4 aromatic rings. The lowest BCUT2D eigenvalue weighted by molar-refractivity contribution is -0.141. The molecule has 8 nitrogen and oxygen atoms in total. The molecule has 0 amide bonds. The third-order valence-electron chi connectivity index (χ3n) is 6.41. The molecule has 186 valence electrons. The zero-order valence-electron chi connectivity index (χ0n) is 20.1. The van der Waals surface area contributed by atoms with E-state index in [0.29, 0.717) is 34.3 Å². The van der Waals surface area contributed by atoms with Crippen LogP contribution in [0.2, 0.25) is 0 Å². The van der Waals surface area contributed by atoms with Gasteiger partial charge in [0.15, 0.2) is 5.69 Å². The number of phenolic OH excluding ortho intramolecular Hbond substituents is 1. The number of aliphatic carboxylic acids is 1. The van der Waals surface area contributed by atoms with E-state index in [0.717, 1.165) is 5.56 Å². The summed E-state index contributed by atoms with van der Waals surface area (Å²) in [6.07, 6.45) is 4.80. The minimum Gasteiger partial charge on any atom is -0.507 e. The fraction of sp³-hybridized carbons (Fsp3) is 0.138. The lowest BCUT2D eigenvalue weighted by Crippen LogP contribution is -2.35. The number of phenols is 1.